The van der Waals surface area contributed by atoms with Crippen molar-refractivity contribution >= 4 is 17.9 Å². The number of aliphatic imine (C=N–C) groups is 1. The van der Waals surface area contributed by atoms with Gasteiger partial charge in [-0.1, -0.05) is 45.8 Å². The van der Waals surface area contributed by atoms with Crippen LogP contribution in [0.1, 0.15) is 65.7 Å². The van der Waals surface area contributed by atoms with Crippen molar-refractivity contribution in [1.82, 2.24) is 21.3 Å². The maximum absolute atomic E-state index is 13.8. The van der Waals surface area contributed by atoms with Crippen LogP contribution in [-0.4, -0.2) is 56.0 Å². The van der Waals surface area contributed by atoms with Crippen molar-refractivity contribution in [2.24, 2.45) is 4.99 Å². The first-order valence-electron chi connectivity index (χ1n) is 13.9. The topological polar surface area (TPSA) is 119 Å². The van der Waals surface area contributed by atoms with Crippen LogP contribution >= 0.6 is 0 Å². The summed E-state index contributed by atoms with van der Waals surface area (Å²) in [5.74, 6) is -1.87. The molecule has 1 aliphatic carbocycles. The van der Waals surface area contributed by atoms with Crippen LogP contribution in [0.15, 0.2) is 41.3 Å². The normalized spacial score (nSPS) is 18.8. The molecule has 1 atom stereocenters. The highest BCUT2D eigenvalue weighted by Gasteiger charge is 2.24. The molecule has 1 aromatic carbocycles. The van der Waals surface area contributed by atoms with E-state index in [1.165, 1.54) is 32.1 Å². The molecule has 6 N–H and O–H groups in total. The zero-order chi connectivity index (χ0) is 29.8. The van der Waals surface area contributed by atoms with E-state index < -0.39 is 29.4 Å². The maximum atomic E-state index is 13.8. The number of anilines is 1. The van der Waals surface area contributed by atoms with Gasteiger partial charge in [-0.25, -0.2) is 18.2 Å². The molecule has 1 saturated heterocycles. The fourth-order valence-corrected chi connectivity index (χ4v) is 3.96. The fraction of sp³-hybridized carbons (Fsp3) is 0.571. The molecule has 226 valence electrons. The van der Waals surface area contributed by atoms with E-state index in [0.29, 0.717) is 48.5 Å². The summed E-state index contributed by atoms with van der Waals surface area (Å²) in [5.41, 5.74) is 0.232. The number of carbonyl (C=O) groups is 1. The van der Waals surface area contributed by atoms with Gasteiger partial charge in [0, 0.05) is 37.9 Å². The molecule has 4 rings (SSSR count). The van der Waals surface area contributed by atoms with Crippen LogP contribution in [0.5, 0.6) is 0 Å². The van der Waals surface area contributed by atoms with E-state index in [9.17, 15) is 18.0 Å². The molecule has 1 saturated carbocycles. The number of nitrogens with one attached hydrogen (secondary N) is 5. The van der Waals surface area contributed by atoms with Crippen molar-refractivity contribution in [3.8, 4) is 0 Å². The number of aliphatic hydroxyl groups excluding tert-OH is 1. The molecule has 1 amide bonds. The Labute approximate surface area is 235 Å². The second kappa shape index (κ2) is 20.6. The summed E-state index contributed by atoms with van der Waals surface area (Å²) < 4.78 is 45.7. The van der Waals surface area contributed by atoms with Gasteiger partial charge >= 0.3 is 0 Å². The Bertz CT molecular complexity index is 921. The van der Waals surface area contributed by atoms with Crippen LogP contribution in [-0.2, 0) is 9.53 Å². The van der Waals surface area contributed by atoms with Gasteiger partial charge in [0.2, 0.25) is 6.41 Å². The van der Waals surface area contributed by atoms with Crippen molar-refractivity contribution in [3.63, 3.8) is 0 Å². The average Bonchev–Trinajstić information content (AvgIpc) is 3.65. The van der Waals surface area contributed by atoms with E-state index in [0.717, 1.165) is 26.1 Å². The number of ether oxygens (including phenoxy) is 1. The Morgan fingerprint density at radius 1 is 1.12 bits per heavy atom. The Hall–Kier alpha value is -3.25. The van der Waals surface area contributed by atoms with Gasteiger partial charge in [-0.3, -0.25) is 4.79 Å². The molecule has 0 radical (unpaired) electrons. The number of amidine groups is 1. The highest BCUT2D eigenvalue weighted by molar-refractivity contribution is 6.00. The lowest BCUT2D eigenvalue weighted by Gasteiger charge is -2.25. The molecular weight excluding hydrogens is 525 g/mol. The summed E-state index contributed by atoms with van der Waals surface area (Å²) in [6.45, 7) is 12.2. The second-order valence-electron chi connectivity index (χ2n) is 8.81. The number of hydrogen-bond donors (Lipinski definition) is 6. The summed E-state index contributed by atoms with van der Waals surface area (Å²) in [7, 11) is 0. The Kier molecular flexibility index (Phi) is 17.9. The van der Waals surface area contributed by atoms with Gasteiger partial charge in [0.1, 0.15) is 11.5 Å². The first-order chi connectivity index (χ1) is 19.4. The summed E-state index contributed by atoms with van der Waals surface area (Å²) in [6, 6.07) is 1.63. The number of hydrogen-bond acceptors (Lipinski definition) is 8. The average molecular weight is 571 g/mol. The van der Waals surface area contributed by atoms with Gasteiger partial charge in [-0.2, -0.15) is 0 Å². The maximum Gasteiger partial charge on any atom is 0.207 e. The van der Waals surface area contributed by atoms with Crippen molar-refractivity contribution in [2.75, 3.05) is 31.7 Å². The van der Waals surface area contributed by atoms with E-state index in [1.54, 1.807) is 6.08 Å². The Balaban J connectivity index is 0.000000509. The van der Waals surface area contributed by atoms with Gasteiger partial charge in [0.25, 0.3) is 0 Å². The van der Waals surface area contributed by atoms with E-state index in [2.05, 4.69) is 38.2 Å². The van der Waals surface area contributed by atoms with Crippen LogP contribution in [0.25, 0.3) is 0 Å². The molecule has 1 unspecified atom stereocenters. The van der Waals surface area contributed by atoms with Crippen molar-refractivity contribution in [1.29, 1.82) is 0 Å². The molecule has 2 heterocycles. The summed E-state index contributed by atoms with van der Waals surface area (Å²) >= 11 is 0. The minimum atomic E-state index is -1.02. The third-order valence-electron chi connectivity index (χ3n) is 5.80. The highest BCUT2D eigenvalue weighted by Crippen LogP contribution is 2.22. The fourth-order valence-electron chi connectivity index (χ4n) is 3.96. The van der Waals surface area contributed by atoms with Crippen molar-refractivity contribution < 1.29 is 27.8 Å². The Morgan fingerprint density at radius 2 is 1.75 bits per heavy atom. The van der Waals surface area contributed by atoms with Crippen LogP contribution in [0, 0.1) is 17.5 Å². The van der Waals surface area contributed by atoms with Gasteiger partial charge in [-0.05, 0) is 32.6 Å². The van der Waals surface area contributed by atoms with E-state index in [-0.39, 0.29) is 6.61 Å². The van der Waals surface area contributed by atoms with Crippen LogP contribution in [0.2, 0.25) is 0 Å². The number of amides is 1. The molecule has 3 aliphatic rings. The zero-order valence-electron chi connectivity index (χ0n) is 23.8. The third kappa shape index (κ3) is 13.2. The smallest absolute Gasteiger partial charge is 0.207 e. The standard InChI is InChI=1S/C19H24F3N5.C4H8O.C3H7NO2.C2H6/c1-3-16-18(24-11(2)23-13-7-5-4-6-8-13)27-19(25-16)26-17-14(21)9-12(20)10-15(17)22;1-2-4-5-3-1;5-2-1-4-3-6;1-2/h3,9-10,13,19,23,25-26H,2,4-8H2,1H3,(H,24,27);1-4H2;3,5H,1-2H2,(H,4,6);1-2H3/b16-3+;;;. The van der Waals surface area contributed by atoms with Gasteiger partial charge in [0.15, 0.2) is 23.8 Å². The molecule has 0 bridgehead atoms. The molecule has 1 aromatic rings. The van der Waals surface area contributed by atoms with Crippen LogP contribution < -0.4 is 26.6 Å². The Morgan fingerprint density at radius 3 is 2.23 bits per heavy atom. The molecule has 9 nitrogen and oxygen atoms in total. The van der Waals surface area contributed by atoms with Crippen LogP contribution in [0.3, 0.4) is 0 Å². The second-order valence-corrected chi connectivity index (χ2v) is 8.81. The minimum Gasteiger partial charge on any atom is -0.395 e. The number of carbonyl (C=O) groups excluding carboxylic acids is 1. The first-order valence-corrected chi connectivity index (χ1v) is 13.9. The summed E-state index contributed by atoms with van der Waals surface area (Å²) in [5, 5.41) is 22.3. The summed E-state index contributed by atoms with van der Waals surface area (Å²) in [4.78, 5) is 13.7. The number of benzene rings is 1. The minimum absolute atomic E-state index is 0.0126. The number of rotatable bonds is 8. The quantitative estimate of drug-likeness (QED) is 0.205. The highest BCUT2D eigenvalue weighted by atomic mass is 19.1. The van der Waals surface area contributed by atoms with E-state index in [1.807, 2.05) is 20.8 Å². The summed E-state index contributed by atoms with van der Waals surface area (Å²) in [6.07, 6.45) is 9.99. The predicted octanol–water partition coefficient (Wildman–Crippen LogP) is 4.24. The number of aliphatic hydroxyl groups is 1. The molecule has 40 heavy (non-hydrogen) atoms. The lowest BCUT2D eigenvalue weighted by atomic mass is 9.96. The number of nitrogens with zero attached hydrogens (tertiary/aromatic N) is 1. The molecule has 2 fully saturated rings. The van der Waals surface area contributed by atoms with E-state index >= 15 is 0 Å². The third-order valence-corrected chi connectivity index (χ3v) is 5.80. The monoisotopic (exact) mass is 570 g/mol. The molecular formula is C28H45F3N6O3. The van der Waals surface area contributed by atoms with Gasteiger partial charge < -0.3 is 36.4 Å². The number of allylic oxidation sites excluding steroid dienone is 1. The lowest BCUT2D eigenvalue weighted by molar-refractivity contribution is -0.109. The SMILES string of the molecule is C1CCOC1.C=C(NC1=NC(Nc2c(F)cc(F)cc2F)N/C1=C/C)NC1CCCCC1.CC.O=CNCCO. The van der Waals surface area contributed by atoms with E-state index in [4.69, 9.17) is 9.84 Å². The lowest BCUT2D eigenvalue weighted by Crippen LogP contribution is -2.38. The van der Waals surface area contributed by atoms with Gasteiger partial charge in [-0.15, -0.1) is 0 Å². The first kappa shape index (κ1) is 34.8. The predicted molar refractivity (Wildman–Crippen MR) is 153 cm³/mol. The molecule has 2 aliphatic heterocycles. The molecule has 0 aromatic heterocycles. The zero-order valence-corrected chi connectivity index (χ0v) is 23.8. The molecule has 12 heteroatoms. The van der Waals surface area contributed by atoms with Crippen molar-refractivity contribution in [3.05, 3.63) is 53.8 Å². The van der Waals surface area contributed by atoms with Crippen LogP contribution in [0.4, 0.5) is 18.9 Å². The van der Waals surface area contributed by atoms with Crippen molar-refractivity contribution in [2.45, 2.75) is 78.0 Å². The van der Waals surface area contributed by atoms with Gasteiger partial charge in [0.05, 0.1) is 18.1 Å². The largest absolute Gasteiger partial charge is 0.395 e. The molecule has 0 spiro atoms. The number of halogens is 3.